The SMILES string of the molecule is CC(C)N(CCCl)c1ncc(C(F)(F)F)cc1Cl. The highest BCUT2D eigenvalue weighted by atomic mass is 35.5. The van der Waals surface area contributed by atoms with Crippen LogP contribution in [0.1, 0.15) is 19.4 Å². The van der Waals surface area contributed by atoms with Crippen LogP contribution in [0.4, 0.5) is 19.0 Å². The molecule has 2 nitrogen and oxygen atoms in total. The second-order valence-corrected chi connectivity index (χ2v) is 4.79. The van der Waals surface area contributed by atoms with E-state index >= 15 is 0 Å². The summed E-state index contributed by atoms with van der Waals surface area (Å²) in [5, 5.41) is -0.0244. The van der Waals surface area contributed by atoms with Gasteiger partial charge in [-0.3, -0.25) is 0 Å². The summed E-state index contributed by atoms with van der Waals surface area (Å²) in [6.45, 7) is 4.25. The van der Waals surface area contributed by atoms with Gasteiger partial charge in [-0.05, 0) is 19.9 Å². The fourth-order valence-electron chi connectivity index (χ4n) is 1.50. The number of rotatable bonds is 4. The Morgan fingerprint density at radius 1 is 1.39 bits per heavy atom. The summed E-state index contributed by atoms with van der Waals surface area (Å²) < 4.78 is 37.4. The quantitative estimate of drug-likeness (QED) is 0.775. The largest absolute Gasteiger partial charge is 0.417 e. The number of aromatic nitrogens is 1. The first-order valence-electron chi connectivity index (χ1n) is 5.32. The number of nitrogens with zero attached hydrogens (tertiary/aromatic N) is 2. The minimum absolute atomic E-state index is 0.0244. The van der Waals surface area contributed by atoms with Crippen LogP contribution in [0.3, 0.4) is 0 Å². The van der Waals surface area contributed by atoms with E-state index in [-0.39, 0.29) is 11.1 Å². The van der Waals surface area contributed by atoms with Crippen molar-refractivity contribution in [1.29, 1.82) is 0 Å². The van der Waals surface area contributed by atoms with Crippen LogP contribution in [-0.4, -0.2) is 23.5 Å². The van der Waals surface area contributed by atoms with Gasteiger partial charge in [0.05, 0.1) is 10.6 Å². The van der Waals surface area contributed by atoms with E-state index in [4.69, 9.17) is 23.2 Å². The van der Waals surface area contributed by atoms with Crippen molar-refractivity contribution in [2.45, 2.75) is 26.1 Å². The van der Waals surface area contributed by atoms with E-state index < -0.39 is 11.7 Å². The zero-order valence-corrected chi connectivity index (χ0v) is 11.4. The Labute approximate surface area is 114 Å². The van der Waals surface area contributed by atoms with Crippen molar-refractivity contribution in [1.82, 2.24) is 4.98 Å². The minimum atomic E-state index is -4.44. The molecular formula is C11H13Cl2F3N2. The van der Waals surface area contributed by atoms with Gasteiger partial charge in [0, 0.05) is 24.7 Å². The Morgan fingerprint density at radius 3 is 2.39 bits per heavy atom. The van der Waals surface area contributed by atoms with Crippen LogP contribution < -0.4 is 4.90 Å². The molecule has 0 aromatic carbocycles. The molecule has 0 aliphatic carbocycles. The molecule has 0 radical (unpaired) electrons. The molecule has 102 valence electrons. The van der Waals surface area contributed by atoms with Crippen molar-refractivity contribution in [3.8, 4) is 0 Å². The number of hydrogen-bond donors (Lipinski definition) is 0. The lowest BCUT2D eigenvalue weighted by atomic mass is 10.2. The van der Waals surface area contributed by atoms with Crippen LogP contribution in [0.15, 0.2) is 12.3 Å². The van der Waals surface area contributed by atoms with Crippen molar-refractivity contribution in [2.24, 2.45) is 0 Å². The smallest absolute Gasteiger partial charge is 0.352 e. The van der Waals surface area contributed by atoms with Gasteiger partial charge in [0.1, 0.15) is 5.82 Å². The molecule has 0 aliphatic heterocycles. The highest BCUT2D eigenvalue weighted by molar-refractivity contribution is 6.33. The average Bonchev–Trinajstić information content (AvgIpc) is 2.24. The molecule has 0 fully saturated rings. The fourth-order valence-corrected chi connectivity index (χ4v) is 1.95. The molecule has 0 atom stereocenters. The summed E-state index contributed by atoms with van der Waals surface area (Å²) in [4.78, 5) is 5.56. The van der Waals surface area contributed by atoms with Gasteiger partial charge in [-0.25, -0.2) is 4.98 Å². The predicted molar refractivity (Wildman–Crippen MR) is 67.5 cm³/mol. The maximum absolute atomic E-state index is 12.5. The maximum Gasteiger partial charge on any atom is 0.417 e. The number of halogens is 5. The molecule has 0 spiro atoms. The number of anilines is 1. The number of hydrogen-bond acceptors (Lipinski definition) is 2. The lowest BCUT2D eigenvalue weighted by Gasteiger charge is -2.28. The molecule has 0 unspecified atom stereocenters. The lowest BCUT2D eigenvalue weighted by Crippen LogP contribution is -2.33. The predicted octanol–water partition coefficient (Wildman–Crippen LogP) is 4.21. The Morgan fingerprint density at radius 2 is 2.00 bits per heavy atom. The zero-order valence-electron chi connectivity index (χ0n) is 9.93. The Bertz CT molecular complexity index is 408. The van der Waals surface area contributed by atoms with Gasteiger partial charge in [-0.2, -0.15) is 13.2 Å². The maximum atomic E-state index is 12.5. The molecule has 0 amide bonds. The van der Waals surface area contributed by atoms with Gasteiger partial charge >= 0.3 is 6.18 Å². The van der Waals surface area contributed by atoms with E-state index in [2.05, 4.69) is 4.98 Å². The summed E-state index contributed by atoms with van der Waals surface area (Å²) in [7, 11) is 0. The molecule has 0 bridgehead atoms. The molecule has 18 heavy (non-hydrogen) atoms. The van der Waals surface area contributed by atoms with Gasteiger partial charge in [-0.15, -0.1) is 11.6 Å². The third kappa shape index (κ3) is 3.65. The zero-order chi connectivity index (χ0) is 13.9. The first-order chi connectivity index (χ1) is 8.27. The van der Waals surface area contributed by atoms with Crippen LogP contribution in [0.25, 0.3) is 0 Å². The summed E-state index contributed by atoms with van der Waals surface area (Å²) >= 11 is 11.5. The van der Waals surface area contributed by atoms with Crippen molar-refractivity contribution in [3.63, 3.8) is 0 Å². The monoisotopic (exact) mass is 300 g/mol. The van der Waals surface area contributed by atoms with E-state index in [0.29, 0.717) is 18.2 Å². The van der Waals surface area contributed by atoms with Crippen molar-refractivity contribution in [2.75, 3.05) is 17.3 Å². The molecule has 1 aromatic rings. The summed E-state index contributed by atoms with van der Waals surface area (Å²) in [6.07, 6.45) is -3.66. The number of pyridine rings is 1. The molecule has 7 heteroatoms. The Balaban J connectivity index is 3.11. The molecule has 0 aliphatic rings. The third-order valence-electron chi connectivity index (χ3n) is 2.37. The summed E-state index contributed by atoms with van der Waals surface area (Å²) in [6, 6.07) is 0.929. The van der Waals surface area contributed by atoms with Crippen molar-refractivity contribution >= 4 is 29.0 Å². The van der Waals surface area contributed by atoms with Crippen molar-refractivity contribution in [3.05, 3.63) is 22.8 Å². The molecule has 0 N–H and O–H groups in total. The molecular weight excluding hydrogens is 288 g/mol. The van der Waals surface area contributed by atoms with Crippen LogP contribution in [0, 0.1) is 0 Å². The van der Waals surface area contributed by atoms with E-state index in [1.165, 1.54) is 0 Å². The highest BCUT2D eigenvalue weighted by Crippen LogP contribution is 2.33. The van der Waals surface area contributed by atoms with Crippen molar-refractivity contribution < 1.29 is 13.2 Å². The first-order valence-corrected chi connectivity index (χ1v) is 6.24. The van der Waals surface area contributed by atoms with Gasteiger partial charge in [-0.1, -0.05) is 11.6 Å². The second kappa shape index (κ2) is 5.97. The van der Waals surface area contributed by atoms with Gasteiger partial charge < -0.3 is 4.90 Å². The molecule has 1 rings (SSSR count). The summed E-state index contributed by atoms with van der Waals surface area (Å²) in [5.74, 6) is 0.664. The van der Waals surface area contributed by atoms with E-state index in [1.807, 2.05) is 13.8 Å². The second-order valence-electron chi connectivity index (χ2n) is 4.00. The van der Waals surface area contributed by atoms with Crippen LogP contribution >= 0.6 is 23.2 Å². The third-order valence-corrected chi connectivity index (χ3v) is 2.82. The average molecular weight is 301 g/mol. The topological polar surface area (TPSA) is 16.1 Å². The highest BCUT2D eigenvalue weighted by Gasteiger charge is 2.32. The molecule has 0 saturated carbocycles. The fraction of sp³-hybridized carbons (Fsp3) is 0.545. The van der Waals surface area contributed by atoms with E-state index in [0.717, 1.165) is 12.3 Å². The minimum Gasteiger partial charge on any atom is -0.352 e. The van der Waals surface area contributed by atoms with Crippen LogP contribution in [0.5, 0.6) is 0 Å². The number of alkyl halides is 4. The van der Waals surface area contributed by atoms with Crippen LogP contribution in [-0.2, 0) is 6.18 Å². The Hall–Kier alpha value is -0.680. The lowest BCUT2D eigenvalue weighted by molar-refractivity contribution is -0.137. The normalized spacial score (nSPS) is 12.0. The van der Waals surface area contributed by atoms with E-state index in [1.54, 1.807) is 4.90 Å². The first kappa shape index (κ1) is 15.4. The van der Waals surface area contributed by atoms with Gasteiger partial charge in [0.15, 0.2) is 0 Å². The molecule has 0 saturated heterocycles. The Kier molecular flexibility index (Phi) is 5.10. The van der Waals surface area contributed by atoms with Gasteiger partial charge in [0.25, 0.3) is 0 Å². The van der Waals surface area contributed by atoms with E-state index in [9.17, 15) is 13.2 Å². The van der Waals surface area contributed by atoms with Gasteiger partial charge in [0.2, 0.25) is 0 Å². The standard InChI is InChI=1S/C11H13Cl2F3N2/c1-7(2)18(4-3-12)10-9(13)5-8(6-17-10)11(14,15)16/h5-7H,3-4H2,1-2H3. The van der Waals surface area contributed by atoms with Crippen LogP contribution in [0.2, 0.25) is 5.02 Å². The molecule has 1 aromatic heterocycles. The summed E-state index contributed by atoms with van der Waals surface area (Å²) in [5.41, 5.74) is -0.856. The molecule has 1 heterocycles.